The second-order valence-corrected chi connectivity index (χ2v) is 8.20. The number of carbonyl (C=O) groups is 1. The lowest BCUT2D eigenvalue weighted by atomic mass is 10.2. The van der Waals surface area contributed by atoms with Gasteiger partial charge in [0, 0.05) is 4.88 Å². The minimum atomic E-state index is -3.60. The smallest absolute Gasteiger partial charge is 0.188 e. The molecule has 1 heterocycles. The summed E-state index contributed by atoms with van der Waals surface area (Å²) in [5.74, 6) is -0.805. The van der Waals surface area contributed by atoms with Crippen LogP contribution in [0.2, 0.25) is 0 Å². The predicted octanol–water partition coefficient (Wildman–Crippen LogP) is 3.58. The van der Waals surface area contributed by atoms with Crippen molar-refractivity contribution in [2.75, 3.05) is 5.75 Å². The summed E-state index contributed by atoms with van der Waals surface area (Å²) < 4.78 is 24.8. The Bertz CT molecular complexity index is 771. The van der Waals surface area contributed by atoms with Crippen molar-refractivity contribution < 1.29 is 13.2 Å². The average Bonchev–Trinajstić information content (AvgIpc) is 2.86. The molecule has 0 bridgehead atoms. The fourth-order valence-corrected chi connectivity index (χ4v) is 4.64. The van der Waals surface area contributed by atoms with Crippen molar-refractivity contribution in [2.45, 2.75) is 32.1 Å². The zero-order chi connectivity index (χ0) is 15.6. The third kappa shape index (κ3) is 3.60. The highest BCUT2D eigenvalue weighted by atomic mass is 32.2. The van der Waals surface area contributed by atoms with E-state index in [2.05, 4.69) is 0 Å². The van der Waals surface area contributed by atoms with Gasteiger partial charge in [-0.2, -0.15) is 0 Å². The molecule has 0 aliphatic carbocycles. The van der Waals surface area contributed by atoms with Crippen molar-refractivity contribution in [1.29, 1.82) is 0 Å². The van der Waals surface area contributed by atoms with Crippen LogP contribution in [0.4, 0.5) is 0 Å². The van der Waals surface area contributed by atoms with Gasteiger partial charge < -0.3 is 0 Å². The molecule has 3 nitrogen and oxygen atoms in total. The quantitative estimate of drug-likeness (QED) is 0.791. The van der Waals surface area contributed by atoms with E-state index < -0.39 is 15.6 Å². The Morgan fingerprint density at radius 3 is 2.43 bits per heavy atom. The van der Waals surface area contributed by atoms with Crippen LogP contribution in [0.15, 0.2) is 35.2 Å². The topological polar surface area (TPSA) is 51.2 Å². The average molecular weight is 322 g/mol. The maximum atomic E-state index is 12.4. The van der Waals surface area contributed by atoms with E-state index in [1.54, 1.807) is 25.1 Å². The van der Waals surface area contributed by atoms with Gasteiger partial charge in [0.2, 0.25) is 0 Å². The largest absolute Gasteiger partial charge is 0.292 e. The Hall–Kier alpha value is -1.46. The van der Waals surface area contributed by atoms with E-state index in [9.17, 15) is 13.2 Å². The van der Waals surface area contributed by atoms with E-state index in [4.69, 9.17) is 0 Å². The van der Waals surface area contributed by atoms with Crippen molar-refractivity contribution >= 4 is 27.0 Å². The molecular weight excluding hydrogens is 304 g/mol. The molecule has 0 amide bonds. The second kappa shape index (κ2) is 6.12. The second-order valence-electron chi connectivity index (χ2n) is 5.07. The summed E-state index contributed by atoms with van der Waals surface area (Å²) in [7, 11) is -3.60. The standard InChI is InChI=1S/C16H18O3S2/c1-4-13-6-7-15(20-13)14(17)10-21(18,19)16-8-5-11(2)9-12(16)3/h5-9H,4,10H2,1-3H3. The van der Waals surface area contributed by atoms with Gasteiger partial charge in [-0.15, -0.1) is 11.3 Å². The Labute approximate surface area is 129 Å². The number of hydrogen-bond acceptors (Lipinski definition) is 4. The minimum Gasteiger partial charge on any atom is -0.292 e. The number of benzene rings is 1. The highest BCUT2D eigenvalue weighted by Crippen LogP contribution is 2.22. The van der Waals surface area contributed by atoms with E-state index >= 15 is 0 Å². The molecule has 0 atom stereocenters. The lowest BCUT2D eigenvalue weighted by molar-refractivity contribution is 0.102. The number of carbonyl (C=O) groups excluding carboxylic acids is 1. The van der Waals surface area contributed by atoms with Gasteiger partial charge in [0.15, 0.2) is 15.6 Å². The lowest BCUT2D eigenvalue weighted by Crippen LogP contribution is -2.16. The minimum absolute atomic E-state index is 0.244. The first kappa shape index (κ1) is 15.9. The molecule has 0 N–H and O–H groups in total. The number of sulfone groups is 1. The fraction of sp³-hybridized carbons (Fsp3) is 0.312. The maximum absolute atomic E-state index is 12.4. The van der Waals surface area contributed by atoms with Crippen molar-refractivity contribution in [1.82, 2.24) is 0 Å². The summed E-state index contributed by atoms with van der Waals surface area (Å²) in [4.78, 5) is 14.0. The van der Waals surface area contributed by atoms with Crippen LogP contribution in [0.25, 0.3) is 0 Å². The van der Waals surface area contributed by atoms with E-state index in [1.807, 2.05) is 26.0 Å². The Balaban J connectivity index is 2.26. The Morgan fingerprint density at radius 1 is 1.14 bits per heavy atom. The van der Waals surface area contributed by atoms with Gasteiger partial charge in [-0.3, -0.25) is 4.79 Å². The molecule has 0 unspecified atom stereocenters. The van der Waals surface area contributed by atoms with Crippen LogP contribution in [0, 0.1) is 13.8 Å². The molecule has 1 aromatic heterocycles. The molecular formula is C16H18O3S2. The summed E-state index contributed by atoms with van der Waals surface area (Å²) in [6.07, 6.45) is 0.849. The number of hydrogen-bond donors (Lipinski definition) is 0. The molecule has 1 aromatic carbocycles. The summed E-state index contributed by atoms with van der Waals surface area (Å²) in [5.41, 5.74) is 1.69. The number of Topliss-reactive ketones (excluding diaryl/α,β-unsaturated/α-hetero) is 1. The first-order valence-corrected chi connectivity index (χ1v) is 9.22. The highest BCUT2D eigenvalue weighted by Gasteiger charge is 2.23. The molecule has 5 heteroatoms. The van der Waals surface area contributed by atoms with E-state index in [0.717, 1.165) is 16.9 Å². The zero-order valence-corrected chi connectivity index (χ0v) is 14.0. The first-order chi connectivity index (χ1) is 9.83. The van der Waals surface area contributed by atoms with Crippen LogP contribution < -0.4 is 0 Å². The number of aryl methyl sites for hydroxylation is 3. The molecule has 0 aliphatic rings. The van der Waals surface area contributed by atoms with Crippen LogP contribution in [0.1, 0.15) is 32.6 Å². The van der Waals surface area contributed by atoms with Gasteiger partial charge in [0.1, 0.15) is 5.75 Å². The Kier molecular flexibility index (Phi) is 4.64. The van der Waals surface area contributed by atoms with Gasteiger partial charge in [-0.05, 0) is 44.0 Å². The fourth-order valence-electron chi connectivity index (χ4n) is 2.19. The van der Waals surface area contributed by atoms with Crippen molar-refractivity contribution in [3.63, 3.8) is 0 Å². The number of thiophene rings is 1. The molecule has 2 rings (SSSR count). The summed E-state index contributed by atoms with van der Waals surface area (Å²) in [5, 5.41) is 0. The number of ketones is 1. The molecule has 0 aliphatic heterocycles. The Morgan fingerprint density at radius 2 is 1.86 bits per heavy atom. The third-order valence-corrected chi connectivity index (χ3v) is 6.31. The van der Waals surface area contributed by atoms with Gasteiger partial charge in [0.05, 0.1) is 9.77 Å². The molecule has 21 heavy (non-hydrogen) atoms. The predicted molar refractivity (Wildman–Crippen MR) is 86.0 cm³/mol. The maximum Gasteiger partial charge on any atom is 0.188 e. The van der Waals surface area contributed by atoms with Crippen LogP contribution in [0.5, 0.6) is 0 Å². The first-order valence-electron chi connectivity index (χ1n) is 6.75. The lowest BCUT2D eigenvalue weighted by Gasteiger charge is -2.07. The molecule has 0 spiro atoms. The van der Waals surface area contributed by atoms with Crippen LogP contribution >= 0.6 is 11.3 Å². The van der Waals surface area contributed by atoms with Gasteiger partial charge in [0.25, 0.3) is 0 Å². The van der Waals surface area contributed by atoms with E-state index in [1.165, 1.54) is 11.3 Å². The van der Waals surface area contributed by atoms with Gasteiger partial charge in [-0.1, -0.05) is 24.6 Å². The molecule has 112 valence electrons. The van der Waals surface area contributed by atoms with Gasteiger partial charge in [-0.25, -0.2) is 8.42 Å². The molecule has 0 saturated carbocycles. The van der Waals surface area contributed by atoms with Crippen LogP contribution in [0.3, 0.4) is 0 Å². The normalized spacial score (nSPS) is 11.6. The van der Waals surface area contributed by atoms with Crippen molar-refractivity contribution in [3.8, 4) is 0 Å². The van der Waals surface area contributed by atoms with Crippen molar-refractivity contribution in [2.24, 2.45) is 0 Å². The van der Waals surface area contributed by atoms with Crippen LogP contribution in [-0.4, -0.2) is 20.0 Å². The summed E-state index contributed by atoms with van der Waals surface area (Å²) >= 11 is 1.37. The molecule has 2 aromatic rings. The zero-order valence-electron chi connectivity index (χ0n) is 12.3. The van der Waals surface area contributed by atoms with Crippen molar-refractivity contribution in [3.05, 3.63) is 51.2 Å². The van der Waals surface area contributed by atoms with Crippen LogP contribution in [-0.2, 0) is 16.3 Å². The summed E-state index contributed by atoms with van der Waals surface area (Å²) in [6, 6.07) is 8.74. The number of rotatable bonds is 5. The van der Waals surface area contributed by atoms with E-state index in [0.29, 0.717) is 10.4 Å². The monoisotopic (exact) mass is 322 g/mol. The highest BCUT2D eigenvalue weighted by molar-refractivity contribution is 7.92. The molecule has 0 fully saturated rings. The molecule has 0 saturated heterocycles. The van der Waals surface area contributed by atoms with E-state index in [-0.39, 0.29) is 10.7 Å². The SMILES string of the molecule is CCc1ccc(C(=O)CS(=O)(=O)c2ccc(C)cc2C)s1. The molecule has 0 radical (unpaired) electrons. The van der Waals surface area contributed by atoms with Gasteiger partial charge >= 0.3 is 0 Å². The summed E-state index contributed by atoms with van der Waals surface area (Å²) in [6.45, 7) is 5.67. The third-order valence-electron chi connectivity index (χ3n) is 3.27.